The highest BCUT2D eigenvalue weighted by Crippen LogP contribution is 2.38. The number of ether oxygens (including phenoxy) is 1. The lowest BCUT2D eigenvalue weighted by molar-refractivity contribution is 0.292. The molecule has 0 atom stereocenters. The molecule has 0 saturated heterocycles. The van der Waals surface area contributed by atoms with Crippen LogP contribution >= 0.6 is 0 Å². The van der Waals surface area contributed by atoms with Crippen molar-refractivity contribution in [2.75, 3.05) is 6.61 Å². The first kappa shape index (κ1) is 27.0. The number of benzene rings is 2. The van der Waals surface area contributed by atoms with Crippen LogP contribution in [0.25, 0.3) is 11.1 Å². The van der Waals surface area contributed by atoms with Gasteiger partial charge in [0.15, 0.2) is 0 Å². The van der Waals surface area contributed by atoms with Crippen molar-refractivity contribution in [1.82, 2.24) is 0 Å². The van der Waals surface area contributed by atoms with Crippen molar-refractivity contribution in [2.45, 2.75) is 110 Å². The van der Waals surface area contributed by atoms with Gasteiger partial charge in [-0.15, -0.1) is 0 Å². The van der Waals surface area contributed by atoms with Crippen LogP contribution in [0.5, 0.6) is 5.75 Å². The zero-order valence-electron chi connectivity index (χ0n) is 23.1. The van der Waals surface area contributed by atoms with Crippen molar-refractivity contribution in [3.05, 3.63) is 66.2 Å². The Labute approximate surface area is 221 Å². The molecule has 4 rings (SSSR count). The molecule has 36 heavy (non-hydrogen) atoms. The molecule has 0 unspecified atom stereocenters. The van der Waals surface area contributed by atoms with Crippen LogP contribution in [0.1, 0.15) is 115 Å². The summed E-state index contributed by atoms with van der Waals surface area (Å²) in [5.74, 6) is 4.44. The maximum atomic E-state index is 6.00. The highest BCUT2D eigenvalue weighted by molar-refractivity contribution is 5.64. The maximum Gasteiger partial charge on any atom is 0.119 e. The van der Waals surface area contributed by atoms with Crippen LogP contribution in [-0.2, 0) is 0 Å². The van der Waals surface area contributed by atoms with E-state index < -0.39 is 0 Å². The minimum absolute atomic E-state index is 0.670. The van der Waals surface area contributed by atoms with E-state index in [9.17, 15) is 0 Å². The topological polar surface area (TPSA) is 9.23 Å². The van der Waals surface area contributed by atoms with Gasteiger partial charge in [0.2, 0.25) is 0 Å². The molecule has 0 amide bonds. The third-order valence-electron chi connectivity index (χ3n) is 8.98. The molecule has 0 aliphatic heterocycles. The predicted octanol–water partition coefficient (Wildman–Crippen LogP) is 10.7. The van der Waals surface area contributed by atoms with Crippen LogP contribution in [-0.4, -0.2) is 6.61 Å². The molecule has 2 aromatic carbocycles. The number of allylic oxidation sites excluding steroid dienone is 1. The van der Waals surface area contributed by atoms with Crippen molar-refractivity contribution in [3.63, 3.8) is 0 Å². The molecule has 0 spiro atoms. The normalized spacial score (nSPS) is 24.7. The van der Waals surface area contributed by atoms with Gasteiger partial charge in [-0.05, 0) is 104 Å². The quantitative estimate of drug-likeness (QED) is 0.214. The van der Waals surface area contributed by atoms with Crippen molar-refractivity contribution in [2.24, 2.45) is 17.8 Å². The van der Waals surface area contributed by atoms with Gasteiger partial charge in [-0.1, -0.05) is 101 Å². The van der Waals surface area contributed by atoms with Crippen molar-refractivity contribution >= 4 is 0 Å². The van der Waals surface area contributed by atoms with E-state index in [4.69, 9.17) is 4.74 Å². The Morgan fingerprint density at radius 2 is 1.28 bits per heavy atom. The molecule has 2 fully saturated rings. The van der Waals surface area contributed by atoms with Crippen LogP contribution in [0, 0.1) is 17.8 Å². The van der Waals surface area contributed by atoms with Crippen LogP contribution in [0.2, 0.25) is 0 Å². The van der Waals surface area contributed by atoms with Crippen molar-refractivity contribution in [3.8, 4) is 16.9 Å². The average molecular weight is 487 g/mol. The van der Waals surface area contributed by atoms with Crippen molar-refractivity contribution in [1.29, 1.82) is 0 Å². The van der Waals surface area contributed by atoms with E-state index in [-0.39, 0.29) is 0 Å². The SMILES string of the molecule is CCCCC[C@H]1CC[C@H](c2ccc(-c3ccc(OC/C=C/[C@H]4CC[C@H](CCC)CC4)cc3)cc2)CC1. The van der Waals surface area contributed by atoms with Gasteiger partial charge >= 0.3 is 0 Å². The summed E-state index contributed by atoms with van der Waals surface area (Å²) in [6.07, 6.45) is 24.1. The largest absolute Gasteiger partial charge is 0.490 e. The molecule has 1 heteroatoms. The van der Waals surface area contributed by atoms with Gasteiger partial charge in [-0.3, -0.25) is 0 Å². The smallest absolute Gasteiger partial charge is 0.119 e. The number of hydrogen-bond donors (Lipinski definition) is 0. The molecule has 2 saturated carbocycles. The Morgan fingerprint density at radius 1 is 0.667 bits per heavy atom. The van der Waals surface area contributed by atoms with Gasteiger partial charge in [0, 0.05) is 0 Å². The van der Waals surface area contributed by atoms with Crippen LogP contribution < -0.4 is 4.74 Å². The predicted molar refractivity (Wildman–Crippen MR) is 156 cm³/mol. The lowest BCUT2D eigenvalue weighted by Gasteiger charge is -2.29. The van der Waals surface area contributed by atoms with Crippen LogP contribution in [0.4, 0.5) is 0 Å². The fraction of sp³-hybridized carbons (Fsp3) is 0.600. The van der Waals surface area contributed by atoms with E-state index in [1.54, 1.807) is 0 Å². The Balaban J connectivity index is 1.19. The minimum Gasteiger partial charge on any atom is -0.490 e. The zero-order chi connectivity index (χ0) is 25.0. The number of unbranched alkanes of at least 4 members (excludes halogenated alkanes) is 2. The van der Waals surface area contributed by atoms with Crippen LogP contribution in [0.3, 0.4) is 0 Å². The first-order valence-corrected chi connectivity index (χ1v) is 15.2. The average Bonchev–Trinajstić information content (AvgIpc) is 2.93. The molecule has 2 aliphatic carbocycles. The summed E-state index contributed by atoms with van der Waals surface area (Å²) in [6, 6.07) is 18.0. The van der Waals surface area contributed by atoms with Gasteiger partial charge in [-0.25, -0.2) is 0 Å². The summed E-state index contributed by atoms with van der Waals surface area (Å²) in [4.78, 5) is 0. The molecule has 0 N–H and O–H groups in total. The van der Waals surface area contributed by atoms with E-state index in [2.05, 4.69) is 74.5 Å². The molecular formula is C35H50O. The van der Waals surface area contributed by atoms with E-state index in [0.717, 1.165) is 29.4 Å². The summed E-state index contributed by atoms with van der Waals surface area (Å²) in [5, 5.41) is 0. The second kappa shape index (κ2) is 14.7. The van der Waals surface area contributed by atoms with E-state index in [1.807, 2.05) is 0 Å². The van der Waals surface area contributed by atoms with Gasteiger partial charge in [0.1, 0.15) is 12.4 Å². The highest BCUT2D eigenvalue weighted by Gasteiger charge is 2.22. The number of hydrogen-bond acceptors (Lipinski definition) is 1. The standard InChI is InChI=1S/C35H50O/c1-3-5-6-9-29-15-17-31(18-16-29)32-19-21-33(22-20-32)34-23-25-35(26-24-34)36-27-7-10-30-13-11-28(8-4-2)12-14-30/h7,10,19-26,28-31H,3-6,8-9,11-18,27H2,1-2H3/b10-7+/t28-,29-,30-,31-. The van der Waals surface area contributed by atoms with Gasteiger partial charge in [0.05, 0.1) is 0 Å². The first-order valence-electron chi connectivity index (χ1n) is 15.2. The van der Waals surface area contributed by atoms with Crippen molar-refractivity contribution < 1.29 is 4.74 Å². The molecule has 196 valence electrons. The van der Waals surface area contributed by atoms with Crippen LogP contribution in [0.15, 0.2) is 60.7 Å². The third-order valence-corrected chi connectivity index (χ3v) is 8.98. The molecule has 0 heterocycles. The fourth-order valence-corrected chi connectivity index (χ4v) is 6.63. The van der Waals surface area contributed by atoms with Gasteiger partial charge < -0.3 is 4.74 Å². The summed E-state index contributed by atoms with van der Waals surface area (Å²) in [7, 11) is 0. The fourth-order valence-electron chi connectivity index (χ4n) is 6.63. The second-order valence-electron chi connectivity index (χ2n) is 11.7. The third kappa shape index (κ3) is 8.25. The summed E-state index contributed by atoms with van der Waals surface area (Å²) < 4.78 is 6.00. The van der Waals surface area contributed by atoms with E-state index in [1.165, 1.54) is 107 Å². The lowest BCUT2D eigenvalue weighted by Crippen LogP contribution is -2.13. The number of rotatable bonds is 12. The first-order chi connectivity index (χ1) is 17.7. The Morgan fingerprint density at radius 3 is 1.92 bits per heavy atom. The summed E-state index contributed by atoms with van der Waals surface area (Å²) in [5.41, 5.74) is 4.11. The highest BCUT2D eigenvalue weighted by atomic mass is 16.5. The molecule has 2 aliphatic rings. The summed E-state index contributed by atoms with van der Waals surface area (Å²) in [6.45, 7) is 5.29. The van der Waals surface area contributed by atoms with E-state index >= 15 is 0 Å². The minimum atomic E-state index is 0.670. The Bertz CT molecular complexity index is 877. The van der Waals surface area contributed by atoms with Gasteiger partial charge in [0.25, 0.3) is 0 Å². The second-order valence-corrected chi connectivity index (χ2v) is 11.7. The monoisotopic (exact) mass is 486 g/mol. The molecule has 0 aromatic heterocycles. The Hall–Kier alpha value is -2.02. The van der Waals surface area contributed by atoms with E-state index in [0.29, 0.717) is 6.61 Å². The molecule has 0 bridgehead atoms. The Kier molecular flexibility index (Phi) is 11.0. The van der Waals surface area contributed by atoms with Gasteiger partial charge in [-0.2, -0.15) is 0 Å². The molecule has 2 aromatic rings. The lowest BCUT2D eigenvalue weighted by atomic mass is 9.77. The molecule has 1 nitrogen and oxygen atoms in total. The molecule has 0 radical (unpaired) electrons. The summed E-state index contributed by atoms with van der Waals surface area (Å²) >= 11 is 0. The zero-order valence-corrected chi connectivity index (χ0v) is 23.1. The maximum absolute atomic E-state index is 6.00. The molecular weight excluding hydrogens is 436 g/mol.